The summed E-state index contributed by atoms with van der Waals surface area (Å²) in [5.41, 5.74) is 9.37. The van der Waals surface area contributed by atoms with Gasteiger partial charge in [-0.05, 0) is 51.2 Å². The number of hydrogen-bond acceptors (Lipinski definition) is 2. The second kappa shape index (κ2) is 15.6. The van der Waals surface area contributed by atoms with Gasteiger partial charge in [0, 0.05) is 25.2 Å². The summed E-state index contributed by atoms with van der Waals surface area (Å²) in [5.74, 6) is 0. The highest BCUT2D eigenvalue weighted by atomic mass is 14.8. The summed E-state index contributed by atoms with van der Waals surface area (Å²) in [7, 11) is 3.68. The molecule has 0 unspecified atom stereocenters. The van der Waals surface area contributed by atoms with Crippen LogP contribution < -0.4 is 0 Å². The maximum atomic E-state index is 4.58. The highest BCUT2D eigenvalue weighted by Crippen LogP contribution is 2.27. The highest BCUT2D eigenvalue weighted by molar-refractivity contribution is 6.56. The van der Waals surface area contributed by atoms with Crippen molar-refractivity contribution < 1.29 is 0 Å². The zero-order chi connectivity index (χ0) is 24.8. The predicted octanol–water partition coefficient (Wildman–Crippen LogP) is 8.90. The molecule has 31 heavy (non-hydrogen) atoms. The molecule has 0 atom stereocenters. The molecule has 0 radical (unpaired) electrons. The SMILES string of the molecule is CC.CC.CN=C1C(/C(C)=C/C=C(C)C)=CC=C(/C(C)=C/C=C(\C)C(C)(C)C)C1=NC. The lowest BCUT2D eigenvalue weighted by atomic mass is 9.85. The number of aliphatic imine (C=N–C) groups is 2. The molecule has 0 aromatic heterocycles. The molecular formula is C29H48N2. The average Bonchev–Trinajstić information content (AvgIpc) is 2.76. The molecule has 0 spiro atoms. The minimum atomic E-state index is 0.176. The molecule has 0 aliphatic heterocycles. The molecule has 0 saturated heterocycles. The van der Waals surface area contributed by atoms with Crippen LogP contribution in [-0.2, 0) is 0 Å². The average molecular weight is 425 g/mol. The third kappa shape index (κ3) is 10.1. The van der Waals surface area contributed by atoms with E-state index in [9.17, 15) is 0 Å². The fraction of sp³-hybridized carbons (Fsp3) is 0.517. The Hall–Kier alpha value is -2.22. The second-order valence-corrected chi connectivity index (χ2v) is 8.35. The lowest BCUT2D eigenvalue weighted by molar-refractivity contribution is 0.504. The first-order valence-electron chi connectivity index (χ1n) is 11.6. The largest absolute Gasteiger partial charge is 0.286 e. The minimum Gasteiger partial charge on any atom is -0.286 e. The van der Waals surface area contributed by atoms with Gasteiger partial charge < -0.3 is 0 Å². The van der Waals surface area contributed by atoms with E-state index in [1.807, 2.05) is 41.8 Å². The molecule has 0 fully saturated rings. The van der Waals surface area contributed by atoms with Gasteiger partial charge >= 0.3 is 0 Å². The topological polar surface area (TPSA) is 24.7 Å². The van der Waals surface area contributed by atoms with Crippen LogP contribution in [0.5, 0.6) is 0 Å². The van der Waals surface area contributed by atoms with E-state index in [0.717, 1.165) is 22.6 Å². The van der Waals surface area contributed by atoms with Gasteiger partial charge in [0.05, 0.1) is 11.4 Å². The lowest BCUT2D eigenvalue weighted by Gasteiger charge is -2.21. The van der Waals surface area contributed by atoms with E-state index in [4.69, 9.17) is 0 Å². The molecule has 2 heteroatoms. The van der Waals surface area contributed by atoms with Crippen LogP contribution in [0.15, 0.2) is 79.9 Å². The van der Waals surface area contributed by atoms with Crippen molar-refractivity contribution in [3.05, 3.63) is 69.9 Å². The van der Waals surface area contributed by atoms with E-state index in [1.165, 1.54) is 22.3 Å². The van der Waals surface area contributed by atoms with Crippen molar-refractivity contribution in [1.29, 1.82) is 0 Å². The minimum absolute atomic E-state index is 0.176. The number of rotatable bonds is 4. The van der Waals surface area contributed by atoms with Crippen LogP contribution >= 0.6 is 0 Å². The van der Waals surface area contributed by atoms with E-state index in [-0.39, 0.29) is 5.41 Å². The van der Waals surface area contributed by atoms with Crippen LogP contribution in [0.1, 0.15) is 83.1 Å². The standard InChI is InChI=1S/C25H36N2.2C2H6/c1-17(2)11-12-18(3)21-15-16-22(24(27-10)23(21)26-9)19(4)13-14-20(5)25(6,7)8;2*1-2/h11-16H,1-10H3;2*1-2H3/b18-12+,19-13+,20-14+,26-23?,27-24?;;. The van der Waals surface area contributed by atoms with Crippen molar-refractivity contribution >= 4 is 11.4 Å². The normalized spacial score (nSPS) is 17.8. The first-order chi connectivity index (χ1) is 14.5. The van der Waals surface area contributed by atoms with Crippen molar-refractivity contribution in [2.45, 2.75) is 83.1 Å². The van der Waals surface area contributed by atoms with Crippen molar-refractivity contribution in [3.63, 3.8) is 0 Å². The smallest absolute Gasteiger partial charge is 0.0903 e. The van der Waals surface area contributed by atoms with Crippen LogP contribution in [-0.4, -0.2) is 25.5 Å². The van der Waals surface area contributed by atoms with Gasteiger partial charge in [0.25, 0.3) is 0 Å². The van der Waals surface area contributed by atoms with Crippen molar-refractivity contribution in [1.82, 2.24) is 0 Å². The Morgan fingerprint density at radius 2 is 1.00 bits per heavy atom. The fourth-order valence-electron chi connectivity index (χ4n) is 2.64. The van der Waals surface area contributed by atoms with Gasteiger partial charge in [0.15, 0.2) is 0 Å². The summed E-state index contributed by atoms with van der Waals surface area (Å²) in [4.78, 5) is 9.15. The molecule has 0 amide bonds. The van der Waals surface area contributed by atoms with E-state index < -0.39 is 0 Å². The van der Waals surface area contributed by atoms with Gasteiger partial charge in [0.1, 0.15) is 0 Å². The Labute approximate surface area is 194 Å². The third-order valence-corrected chi connectivity index (χ3v) is 4.88. The van der Waals surface area contributed by atoms with Gasteiger partial charge in [-0.1, -0.05) is 96.1 Å². The molecule has 174 valence electrons. The summed E-state index contributed by atoms with van der Waals surface area (Å²) < 4.78 is 0. The molecule has 2 nitrogen and oxygen atoms in total. The molecular weight excluding hydrogens is 376 g/mol. The van der Waals surface area contributed by atoms with E-state index >= 15 is 0 Å². The van der Waals surface area contributed by atoms with Crippen molar-refractivity contribution in [2.75, 3.05) is 14.1 Å². The zero-order valence-electron chi connectivity index (χ0n) is 22.9. The fourth-order valence-corrected chi connectivity index (χ4v) is 2.64. The Bertz CT molecular complexity index is 807. The Kier molecular flexibility index (Phi) is 15.5. The zero-order valence-corrected chi connectivity index (χ0v) is 22.9. The molecule has 0 saturated carbocycles. The molecule has 1 aliphatic carbocycles. The van der Waals surface area contributed by atoms with Crippen LogP contribution in [0.2, 0.25) is 0 Å². The third-order valence-electron chi connectivity index (χ3n) is 4.88. The predicted molar refractivity (Wildman–Crippen MR) is 146 cm³/mol. The summed E-state index contributed by atoms with van der Waals surface area (Å²) in [6, 6.07) is 0. The number of hydrogen-bond donors (Lipinski definition) is 0. The summed E-state index contributed by atoms with van der Waals surface area (Å²) in [6.45, 7) is 25.4. The van der Waals surface area contributed by atoms with Gasteiger partial charge in [-0.3, -0.25) is 9.98 Å². The Morgan fingerprint density at radius 1 is 0.645 bits per heavy atom. The van der Waals surface area contributed by atoms with Gasteiger partial charge in [-0.25, -0.2) is 0 Å². The van der Waals surface area contributed by atoms with Gasteiger partial charge in [-0.2, -0.15) is 0 Å². The van der Waals surface area contributed by atoms with Gasteiger partial charge in [-0.15, -0.1) is 0 Å². The van der Waals surface area contributed by atoms with Crippen LogP contribution in [0.25, 0.3) is 0 Å². The molecule has 1 aliphatic rings. The first kappa shape index (κ1) is 31.0. The quantitative estimate of drug-likeness (QED) is 0.318. The van der Waals surface area contributed by atoms with Crippen molar-refractivity contribution in [3.8, 4) is 0 Å². The molecule has 0 aromatic carbocycles. The summed E-state index contributed by atoms with van der Waals surface area (Å²) >= 11 is 0. The maximum Gasteiger partial charge on any atom is 0.0903 e. The lowest BCUT2D eigenvalue weighted by Crippen LogP contribution is -2.23. The molecule has 0 N–H and O–H groups in total. The highest BCUT2D eigenvalue weighted by Gasteiger charge is 2.22. The van der Waals surface area contributed by atoms with E-state index in [2.05, 4.69) is 102 Å². The molecule has 0 bridgehead atoms. The molecule has 1 rings (SSSR count). The molecule has 0 heterocycles. The second-order valence-electron chi connectivity index (χ2n) is 8.35. The van der Waals surface area contributed by atoms with E-state index in [0.29, 0.717) is 0 Å². The Balaban J connectivity index is 0. The first-order valence-corrected chi connectivity index (χ1v) is 11.6. The summed E-state index contributed by atoms with van der Waals surface area (Å²) in [5, 5.41) is 0. The number of nitrogens with zero attached hydrogens (tertiary/aromatic N) is 2. The van der Waals surface area contributed by atoms with Gasteiger partial charge in [0.2, 0.25) is 0 Å². The maximum absolute atomic E-state index is 4.58. The van der Waals surface area contributed by atoms with Crippen LogP contribution in [0.3, 0.4) is 0 Å². The molecule has 0 aromatic rings. The van der Waals surface area contributed by atoms with Crippen LogP contribution in [0, 0.1) is 5.41 Å². The Morgan fingerprint density at radius 3 is 1.29 bits per heavy atom. The van der Waals surface area contributed by atoms with Crippen LogP contribution in [0.4, 0.5) is 0 Å². The van der Waals surface area contributed by atoms with Crippen molar-refractivity contribution in [2.24, 2.45) is 15.4 Å². The monoisotopic (exact) mass is 424 g/mol. The summed E-state index contributed by atoms with van der Waals surface area (Å²) in [6.07, 6.45) is 13.0. The number of allylic oxidation sites excluding steroid dienone is 12. The van der Waals surface area contributed by atoms with E-state index in [1.54, 1.807) is 0 Å².